The Morgan fingerprint density at radius 1 is 1.50 bits per heavy atom. The third-order valence-corrected chi connectivity index (χ3v) is 3.12. The zero-order valence-corrected chi connectivity index (χ0v) is 10.6. The van der Waals surface area contributed by atoms with Gasteiger partial charge in [-0.1, -0.05) is 0 Å². The van der Waals surface area contributed by atoms with Crippen molar-refractivity contribution in [3.05, 3.63) is 0 Å². The predicted molar refractivity (Wildman–Crippen MR) is 66.4 cm³/mol. The molecule has 1 aliphatic heterocycles. The maximum Gasteiger partial charge on any atom is 0.221 e. The zero-order valence-electron chi connectivity index (χ0n) is 10.6. The molecule has 0 spiro atoms. The normalized spacial score (nSPS) is 22.0. The molecule has 94 valence electrons. The average molecular weight is 227 g/mol. The highest BCUT2D eigenvalue weighted by molar-refractivity contribution is 5.75. The third-order valence-electron chi connectivity index (χ3n) is 3.12. The van der Waals surface area contributed by atoms with Gasteiger partial charge in [0.1, 0.15) is 0 Å². The van der Waals surface area contributed by atoms with Gasteiger partial charge in [0, 0.05) is 26.1 Å². The van der Waals surface area contributed by atoms with E-state index >= 15 is 0 Å². The van der Waals surface area contributed by atoms with E-state index < -0.39 is 0 Å². The molecule has 0 saturated carbocycles. The molecule has 4 nitrogen and oxygen atoms in total. The predicted octanol–water partition coefficient (Wildman–Crippen LogP) is 0.444. The summed E-state index contributed by atoms with van der Waals surface area (Å²) >= 11 is 0. The lowest BCUT2D eigenvalue weighted by molar-refractivity contribution is -0.121. The number of piperidine rings is 1. The van der Waals surface area contributed by atoms with Gasteiger partial charge in [0.25, 0.3) is 0 Å². The van der Waals surface area contributed by atoms with Crippen molar-refractivity contribution >= 4 is 5.91 Å². The Kier molecular flexibility index (Phi) is 6.42. The zero-order chi connectivity index (χ0) is 11.8. The van der Waals surface area contributed by atoms with Crippen molar-refractivity contribution in [2.75, 3.05) is 39.8 Å². The van der Waals surface area contributed by atoms with Crippen molar-refractivity contribution in [2.24, 2.45) is 5.92 Å². The van der Waals surface area contributed by atoms with E-state index in [-0.39, 0.29) is 5.91 Å². The molecule has 0 aliphatic carbocycles. The summed E-state index contributed by atoms with van der Waals surface area (Å²) in [6.45, 7) is 6.99. The lowest BCUT2D eigenvalue weighted by Gasteiger charge is -2.32. The summed E-state index contributed by atoms with van der Waals surface area (Å²) in [5, 5.41) is 6.08. The first kappa shape index (κ1) is 13.5. The van der Waals surface area contributed by atoms with E-state index in [0.717, 1.165) is 38.6 Å². The molecule has 4 heteroatoms. The standard InChI is InChI=1S/C12H25N3O/c1-3-14-12(16)6-8-15-7-4-5-11(10-15)9-13-2/h11,13H,3-10H2,1-2H3,(H,14,16). The fraction of sp³-hybridized carbons (Fsp3) is 0.917. The second-order valence-electron chi connectivity index (χ2n) is 4.57. The molecule has 16 heavy (non-hydrogen) atoms. The minimum atomic E-state index is 0.179. The van der Waals surface area contributed by atoms with Crippen molar-refractivity contribution < 1.29 is 4.79 Å². The lowest BCUT2D eigenvalue weighted by Crippen LogP contribution is -2.40. The van der Waals surface area contributed by atoms with Crippen molar-refractivity contribution in [1.29, 1.82) is 0 Å². The lowest BCUT2D eigenvalue weighted by atomic mass is 9.98. The van der Waals surface area contributed by atoms with Crippen LogP contribution in [0.1, 0.15) is 26.2 Å². The highest BCUT2D eigenvalue weighted by Crippen LogP contribution is 2.15. The maximum atomic E-state index is 11.3. The van der Waals surface area contributed by atoms with E-state index in [1.807, 2.05) is 14.0 Å². The Balaban J connectivity index is 2.18. The molecule has 0 aromatic heterocycles. The van der Waals surface area contributed by atoms with Crippen LogP contribution >= 0.6 is 0 Å². The van der Waals surface area contributed by atoms with Crippen LogP contribution in [-0.4, -0.2) is 50.6 Å². The molecule has 1 saturated heterocycles. The second kappa shape index (κ2) is 7.63. The van der Waals surface area contributed by atoms with Crippen molar-refractivity contribution in [3.63, 3.8) is 0 Å². The molecule has 1 heterocycles. The van der Waals surface area contributed by atoms with Crippen LogP contribution in [-0.2, 0) is 4.79 Å². The number of hydrogen-bond acceptors (Lipinski definition) is 3. The van der Waals surface area contributed by atoms with E-state index in [1.54, 1.807) is 0 Å². The van der Waals surface area contributed by atoms with Gasteiger partial charge in [-0.2, -0.15) is 0 Å². The fourth-order valence-electron chi connectivity index (χ4n) is 2.35. The Hall–Kier alpha value is -0.610. The smallest absolute Gasteiger partial charge is 0.221 e. The number of hydrogen-bond donors (Lipinski definition) is 2. The SMILES string of the molecule is CCNC(=O)CCN1CCCC(CNC)C1. The van der Waals surface area contributed by atoms with Gasteiger partial charge in [-0.3, -0.25) is 4.79 Å². The topological polar surface area (TPSA) is 44.4 Å². The maximum absolute atomic E-state index is 11.3. The molecule has 1 aliphatic rings. The highest BCUT2D eigenvalue weighted by atomic mass is 16.1. The van der Waals surface area contributed by atoms with Crippen LogP contribution < -0.4 is 10.6 Å². The Bertz CT molecular complexity index is 206. The monoisotopic (exact) mass is 227 g/mol. The molecule has 0 radical (unpaired) electrons. The van der Waals surface area contributed by atoms with E-state index in [2.05, 4.69) is 15.5 Å². The van der Waals surface area contributed by atoms with Gasteiger partial charge in [-0.15, -0.1) is 0 Å². The molecule has 1 rings (SSSR count). The summed E-state index contributed by atoms with van der Waals surface area (Å²) in [4.78, 5) is 13.8. The number of nitrogens with one attached hydrogen (secondary N) is 2. The minimum absolute atomic E-state index is 0.179. The van der Waals surface area contributed by atoms with E-state index in [9.17, 15) is 4.79 Å². The second-order valence-corrected chi connectivity index (χ2v) is 4.57. The summed E-state index contributed by atoms with van der Waals surface area (Å²) in [5.74, 6) is 0.936. The molecular weight excluding hydrogens is 202 g/mol. The van der Waals surface area contributed by atoms with Crippen LogP contribution in [0.25, 0.3) is 0 Å². The summed E-state index contributed by atoms with van der Waals surface area (Å²) in [5.41, 5.74) is 0. The van der Waals surface area contributed by atoms with Gasteiger partial charge < -0.3 is 15.5 Å². The van der Waals surface area contributed by atoms with Crippen molar-refractivity contribution in [2.45, 2.75) is 26.2 Å². The Labute approximate surface area is 98.8 Å². The van der Waals surface area contributed by atoms with E-state index in [0.29, 0.717) is 6.42 Å². The van der Waals surface area contributed by atoms with Gasteiger partial charge in [-0.05, 0) is 45.8 Å². The van der Waals surface area contributed by atoms with Crippen LogP contribution in [0.15, 0.2) is 0 Å². The highest BCUT2D eigenvalue weighted by Gasteiger charge is 2.19. The van der Waals surface area contributed by atoms with E-state index in [1.165, 1.54) is 12.8 Å². The number of rotatable bonds is 6. The Morgan fingerprint density at radius 2 is 2.31 bits per heavy atom. The molecule has 1 unspecified atom stereocenters. The number of likely N-dealkylation sites (tertiary alicyclic amines) is 1. The van der Waals surface area contributed by atoms with Crippen LogP contribution in [0.3, 0.4) is 0 Å². The molecule has 2 N–H and O–H groups in total. The number of amides is 1. The van der Waals surface area contributed by atoms with Gasteiger partial charge in [0.05, 0.1) is 0 Å². The summed E-state index contributed by atoms with van der Waals surface area (Å²) in [6, 6.07) is 0. The summed E-state index contributed by atoms with van der Waals surface area (Å²) in [7, 11) is 2.01. The summed E-state index contributed by atoms with van der Waals surface area (Å²) < 4.78 is 0. The van der Waals surface area contributed by atoms with Crippen LogP contribution in [0.2, 0.25) is 0 Å². The van der Waals surface area contributed by atoms with Crippen molar-refractivity contribution in [1.82, 2.24) is 15.5 Å². The molecule has 1 fully saturated rings. The first-order valence-corrected chi connectivity index (χ1v) is 6.40. The first-order chi connectivity index (χ1) is 7.76. The van der Waals surface area contributed by atoms with Gasteiger partial charge in [0.2, 0.25) is 5.91 Å². The van der Waals surface area contributed by atoms with E-state index in [4.69, 9.17) is 0 Å². The number of carbonyl (C=O) groups is 1. The van der Waals surface area contributed by atoms with Crippen LogP contribution in [0.5, 0.6) is 0 Å². The third kappa shape index (κ3) is 4.94. The van der Waals surface area contributed by atoms with Crippen LogP contribution in [0.4, 0.5) is 0 Å². The molecule has 0 bridgehead atoms. The molecule has 0 aromatic rings. The average Bonchev–Trinajstić information content (AvgIpc) is 2.28. The van der Waals surface area contributed by atoms with Gasteiger partial charge in [0.15, 0.2) is 0 Å². The van der Waals surface area contributed by atoms with Crippen molar-refractivity contribution in [3.8, 4) is 0 Å². The Morgan fingerprint density at radius 3 is 3.00 bits per heavy atom. The molecule has 1 amide bonds. The molecule has 0 aromatic carbocycles. The number of nitrogens with zero attached hydrogens (tertiary/aromatic N) is 1. The molecule has 1 atom stereocenters. The minimum Gasteiger partial charge on any atom is -0.356 e. The fourth-order valence-corrected chi connectivity index (χ4v) is 2.35. The van der Waals surface area contributed by atoms with Crippen LogP contribution in [0, 0.1) is 5.92 Å². The largest absolute Gasteiger partial charge is 0.356 e. The van der Waals surface area contributed by atoms with Gasteiger partial charge in [-0.25, -0.2) is 0 Å². The quantitative estimate of drug-likeness (QED) is 0.692. The van der Waals surface area contributed by atoms with Gasteiger partial charge >= 0.3 is 0 Å². The summed E-state index contributed by atoms with van der Waals surface area (Å²) in [6.07, 6.45) is 3.22. The molecular formula is C12H25N3O. The first-order valence-electron chi connectivity index (χ1n) is 6.40. The number of carbonyl (C=O) groups excluding carboxylic acids is 1.